The first-order valence-corrected chi connectivity index (χ1v) is 10.4. The Hall–Kier alpha value is -2.78. The number of unbranched alkanes of at least 4 members (excludes halogenated alkanes) is 6. The fraction of sp³-hybridized carbons (Fsp3) is 0.700. The maximum Gasteiger partial charge on any atom is 0.333 e. The highest BCUT2D eigenvalue weighted by molar-refractivity contribution is 6.01. The second-order valence-electron chi connectivity index (χ2n) is 7.06. The van der Waals surface area contributed by atoms with Gasteiger partial charge < -0.3 is 9.68 Å². The molecule has 4 amide bonds. The van der Waals surface area contributed by atoms with Crippen LogP contribution < -0.4 is 0 Å². The molecule has 0 aromatic heterocycles. The number of imide groups is 2. The molecule has 0 aromatic rings. The maximum absolute atomic E-state index is 11.7. The molecule has 1 aliphatic heterocycles. The van der Waals surface area contributed by atoms with E-state index >= 15 is 0 Å². The van der Waals surface area contributed by atoms with Gasteiger partial charge in [-0.1, -0.05) is 39.0 Å². The molecule has 0 N–H and O–H groups in total. The van der Waals surface area contributed by atoms with Crippen LogP contribution in [0.1, 0.15) is 90.4 Å². The maximum atomic E-state index is 11.7. The molecule has 30 heavy (non-hydrogen) atoms. The quantitative estimate of drug-likeness (QED) is 0.179. The van der Waals surface area contributed by atoms with Crippen molar-refractivity contribution in [2.75, 3.05) is 0 Å². The number of nitrogens with zero attached hydrogens (tertiary/aromatic N) is 2. The van der Waals surface area contributed by atoms with Gasteiger partial charge in [-0.2, -0.15) is 0 Å². The van der Waals surface area contributed by atoms with Gasteiger partial charge in [-0.3, -0.25) is 19.2 Å². The van der Waals surface area contributed by atoms with E-state index in [0.29, 0.717) is 29.4 Å². The smallest absolute Gasteiger partial charge is 0.331 e. The fourth-order valence-corrected chi connectivity index (χ4v) is 2.84. The minimum absolute atomic E-state index is 0.0795. The summed E-state index contributed by atoms with van der Waals surface area (Å²) in [7, 11) is 0. The first kappa shape index (κ1) is 25.3. The SMILES string of the molecule is CCCC(=O)N(C=O)OC(=O)CCCCCCCCCC(=O)ON1C(=O)CCC1=O. The molecule has 0 radical (unpaired) electrons. The lowest BCUT2D eigenvalue weighted by molar-refractivity contribution is -0.197. The monoisotopic (exact) mass is 426 g/mol. The molecule has 0 spiro atoms. The molecule has 0 saturated carbocycles. The van der Waals surface area contributed by atoms with E-state index in [2.05, 4.69) is 0 Å². The van der Waals surface area contributed by atoms with Crippen LogP contribution in [0.15, 0.2) is 0 Å². The molecule has 0 atom stereocenters. The topological polar surface area (TPSA) is 127 Å². The van der Waals surface area contributed by atoms with Crippen molar-refractivity contribution in [1.29, 1.82) is 0 Å². The summed E-state index contributed by atoms with van der Waals surface area (Å²) in [6.07, 6.45) is 6.89. The summed E-state index contributed by atoms with van der Waals surface area (Å²) in [5, 5.41) is 1.01. The third-order valence-electron chi connectivity index (χ3n) is 4.47. The van der Waals surface area contributed by atoms with Crippen LogP contribution in [0.3, 0.4) is 0 Å². The van der Waals surface area contributed by atoms with Crippen LogP contribution >= 0.6 is 0 Å². The Bertz CT molecular complexity index is 618. The van der Waals surface area contributed by atoms with Crippen molar-refractivity contribution in [3.8, 4) is 0 Å². The second kappa shape index (κ2) is 14.2. The van der Waals surface area contributed by atoms with Crippen molar-refractivity contribution >= 4 is 36.1 Å². The molecule has 0 bridgehead atoms. The average molecular weight is 426 g/mol. The van der Waals surface area contributed by atoms with Gasteiger partial charge in [0.1, 0.15) is 0 Å². The van der Waals surface area contributed by atoms with E-state index in [0.717, 1.165) is 32.1 Å². The summed E-state index contributed by atoms with van der Waals surface area (Å²) in [5.41, 5.74) is 0. The van der Waals surface area contributed by atoms with Crippen LogP contribution in [0.2, 0.25) is 0 Å². The van der Waals surface area contributed by atoms with Gasteiger partial charge in [0.25, 0.3) is 24.1 Å². The van der Waals surface area contributed by atoms with Gasteiger partial charge in [-0.05, 0) is 19.3 Å². The van der Waals surface area contributed by atoms with E-state index in [1.165, 1.54) is 0 Å². The lowest BCUT2D eigenvalue weighted by Crippen LogP contribution is -2.32. The standard InChI is InChI=1S/C20H30N2O8/c1-2-10-16(24)21(15-23)29-19(27)11-8-6-4-3-5-7-9-12-20(28)30-22-17(25)13-14-18(22)26/h15H,2-14H2,1H3. The summed E-state index contributed by atoms with van der Waals surface area (Å²) in [6.45, 7) is 1.78. The Labute approximate surface area is 175 Å². The average Bonchev–Trinajstić information content (AvgIpc) is 3.02. The lowest BCUT2D eigenvalue weighted by atomic mass is 10.1. The Morgan fingerprint density at radius 1 is 0.867 bits per heavy atom. The second-order valence-corrected chi connectivity index (χ2v) is 7.06. The first-order chi connectivity index (χ1) is 14.4. The largest absolute Gasteiger partial charge is 0.333 e. The summed E-state index contributed by atoms with van der Waals surface area (Å²) < 4.78 is 0. The Morgan fingerprint density at radius 2 is 1.37 bits per heavy atom. The van der Waals surface area contributed by atoms with Crippen LogP contribution in [0.4, 0.5) is 0 Å². The molecule has 10 nitrogen and oxygen atoms in total. The molecule has 0 unspecified atom stereocenters. The van der Waals surface area contributed by atoms with E-state index in [-0.39, 0.29) is 38.5 Å². The normalized spacial score (nSPS) is 13.3. The van der Waals surface area contributed by atoms with Gasteiger partial charge in [0.05, 0.1) is 0 Å². The van der Waals surface area contributed by atoms with Crippen molar-refractivity contribution in [3.05, 3.63) is 0 Å². The van der Waals surface area contributed by atoms with Gasteiger partial charge in [0.15, 0.2) is 0 Å². The summed E-state index contributed by atoms with van der Waals surface area (Å²) in [6, 6.07) is 0. The van der Waals surface area contributed by atoms with Crippen LogP contribution in [-0.4, -0.2) is 46.2 Å². The van der Waals surface area contributed by atoms with E-state index in [9.17, 15) is 28.8 Å². The van der Waals surface area contributed by atoms with Crippen molar-refractivity contribution in [3.63, 3.8) is 0 Å². The molecule has 0 aromatic carbocycles. The van der Waals surface area contributed by atoms with E-state index in [4.69, 9.17) is 9.68 Å². The predicted octanol–water partition coefficient (Wildman–Crippen LogP) is 2.35. The van der Waals surface area contributed by atoms with Gasteiger partial charge in [0, 0.05) is 32.1 Å². The van der Waals surface area contributed by atoms with E-state index in [1.54, 1.807) is 6.92 Å². The minimum atomic E-state index is -0.611. The lowest BCUT2D eigenvalue weighted by Gasteiger charge is -2.13. The number of rotatable bonds is 14. The molecule has 10 heteroatoms. The Kier molecular flexibility index (Phi) is 12.0. The van der Waals surface area contributed by atoms with E-state index in [1.807, 2.05) is 0 Å². The molecule has 1 aliphatic rings. The van der Waals surface area contributed by atoms with Gasteiger partial charge in [0.2, 0.25) is 0 Å². The molecule has 168 valence electrons. The summed E-state index contributed by atoms with van der Waals surface area (Å²) in [4.78, 5) is 77.9. The highest BCUT2D eigenvalue weighted by Crippen LogP contribution is 2.14. The Balaban J connectivity index is 2.00. The molecular formula is C20H30N2O8. The van der Waals surface area contributed by atoms with Crippen molar-refractivity contribution in [2.45, 2.75) is 90.4 Å². The molecular weight excluding hydrogens is 396 g/mol. The summed E-state index contributed by atoms with van der Waals surface area (Å²) in [5.74, 6) is -2.70. The van der Waals surface area contributed by atoms with Gasteiger partial charge in [-0.25, -0.2) is 9.59 Å². The van der Waals surface area contributed by atoms with Gasteiger partial charge >= 0.3 is 11.9 Å². The molecule has 1 fully saturated rings. The number of hydrogen-bond donors (Lipinski definition) is 0. The van der Waals surface area contributed by atoms with Crippen LogP contribution in [0, 0.1) is 0 Å². The number of carbonyl (C=O) groups is 6. The third-order valence-corrected chi connectivity index (χ3v) is 4.47. The highest BCUT2D eigenvalue weighted by Gasteiger charge is 2.32. The minimum Gasteiger partial charge on any atom is -0.331 e. The number of amides is 4. The van der Waals surface area contributed by atoms with E-state index < -0.39 is 29.7 Å². The summed E-state index contributed by atoms with van der Waals surface area (Å²) >= 11 is 0. The zero-order valence-corrected chi connectivity index (χ0v) is 17.4. The van der Waals surface area contributed by atoms with Crippen molar-refractivity contribution < 1.29 is 38.4 Å². The molecule has 1 rings (SSSR count). The van der Waals surface area contributed by atoms with Crippen molar-refractivity contribution in [2.24, 2.45) is 0 Å². The number of hydroxylamine groups is 4. The predicted molar refractivity (Wildman–Crippen MR) is 103 cm³/mol. The van der Waals surface area contributed by atoms with Crippen molar-refractivity contribution in [1.82, 2.24) is 10.1 Å². The zero-order valence-electron chi connectivity index (χ0n) is 17.4. The van der Waals surface area contributed by atoms with Crippen LogP contribution in [0.25, 0.3) is 0 Å². The van der Waals surface area contributed by atoms with Crippen LogP contribution in [-0.2, 0) is 38.4 Å². The first-order valence-electron chi connectivity index (χ1n) is 10.4. The highest BCUT2D eigenvalue weighted by atomic mass is 16.7. The third kappa shape index (κ3) is 9.62. The Morgan fingerprint density at radius 3 is 1.87 bits per heavy atom. The number of hydrogen-bond acceptors (Lipinski definition) is 8. The number of carbonyl (C=O) groups excluding carboxylic acids is 6. The fourth-order valence-electron chi connectivity index (χ4n) is 2.84. The van der Waals surface area contributed by atoms with Gasteiger partial charge in [-0.15, -0.1) is 10.1 Å². The molecule has 1 saturated heterocycles. The zero-order chi connectivity index (χ0) is 22.4. The van der Waals surface area contributed by atoms with Crippen LogP contribution in [0.5, 0.6) is 0 Å². The molecule has 1 heterocycles. The molecule has 0 aliphatic carbocycles.